The van der Waals surface area contributed by atoms with Crippen LogP contribution < -0.4 is 0 Å². The molecule has 0 amide bonds. The molecule has 96 valence electrons. The van der Waals surface area contributed by atoms with Crippen molar-refractivity contribution in [3.63, 3.8) is 0 Å². The van der Waals surface area contributed by atoms with Crippen molar-refractivity contribution < 1.29 is 4.52 Å². The van der Waals surface area contributed by atoms with Gasteiger partial charge in [-0.25, -0.2) is 0 Å². The van der Waals surface area contributed by atoms with Gasteiger partial charge in [-0.3, -0.25) is 4.90 Å². The second kappa shape index (κ2) is 5.83. The van der Waals surface area contributed by atoms with Gasteiger partial charge in [0.05, 0.1) is 12.2 Å². The molecular weight excluding hydrogens is 224 g/mol. The second-order valence-corrected chi connectivity index (χ2v) is 4.66. The Morgan fingerprint density at radius 2 is 1.94 bits per heavy atom. The summed E-state index contributed by atoms with van der Waals surface area (Å²) in [5.41, 5.74) is 3.65. The average molecular weight is 244 g/mol. The molecule has 0 aliphatic carbocycles. The zero-order valence-electron chi connectivity index (χ0n) is 11.3. The minimum Gasteiger partial charge on any atom is -0.360 e. The lowest BCUT2D eigenvalue weighted by molar-refractivity contribution is 0.233. The van der Waals surface area contributed by atoms with Gasteiger partial charge < -0.3 is 4.52 Å². The number of aromatic nitrogens is 1. The zero-order valence-corrected chi connectivity index (χ0v) is 11.3. The predicted molar refractivity (Wildman–Crippen MR) is 72.2 cm³/mol. The molecule has 0 N–H and O–H groups in total. The first-order chi connectivity index (χ1) is 8.69. The van der Waals surface area contributed by atoms with Gasteiger partial charge in [0.2, 0.25) is 0 Å². The summed E-state index contributed by atoms with van der Waals surface area (Å²) < 4.78 is 5.27. The fourth-order valence-electron chi connectivity index (χ4n) is 2.02. The Hall–Kier alpha value is -1.61. The SMILES string of the molecule is CCN(Cc1cc(C)no1)Cc1ccccc1C. The van der Waals surface area contributed by atoms with Crippen LogP contribution in [0.25, 0.3) is 0 Å². The van der Waals surface area contributed by atoms with Gasteiger partial charge in [-0.1, -0.05) is 36.3 Å². The molecule has 1 heterocycles. The number of hydrogen-bond acceptors (Lipinski definition) is 3. The normalized spacial score (nSPS) is 11.1. The van der Waals surface area contributed by atoms with Crippen LogP contribution in [0.4, 0.5) is 0 Å². The Morgan fingerprint density at radius 3 is 2.56 bits per heavy atom. The Balaban J connectivity index is 2.04. The molecule has 0 radical (unpaired) electrons. The number of nitrogens with zero attached hydrogens (tertiary/aromatic N) is 2. The first-order valence-corrected chi connectivity index (χ1v) is 6.38. The number of benzene rings is 1. The molecule has 1 aromatic heterocycles. The highest BCUT2D eigenvalue weighted by atomic mass is 16.5. The van der Waals surface area contributed by atoms with Crippen LogP contribution in [0.2, 0.25) is 0 Å². The highest BCUT2D eigenvalue weighted by Gasteiger charge is 2.09. The predicted octanol–water partition coefficient (Wildman–Crippen LogP) is 3.31. The van der Waals surface area contributed by atoms with Gasteiger partial charge in [-0.2, -0.15) is 0 Å². The van der Waals surface area contributed by atoms with E-state index in [2.05, 4.69) is 48.2 Å². The minimum absolute atomic E-state index is 0.811. The van der Waals surface area contributed by atoms with Crippen molar-refractivity contribution in [2.75, 3.05) is 6.54 Å². The summed E-state index contributed by atoms with van der Waals surface area (Å²) in [5, 5.41) is 3.93. The van der Waals surface area contributed by atoms with Crippen LogP contribution in [-0.4, -0.2) is 16.6 Å². The van der Waals surface area contributed by atoms with E-state index in [1.54, 1.807) is 0 Å². The van der Waals surface area contributed by atoms with Crippen LogP contribution in [0.1, 0.15) is 29.5 Å². The van der Waals surface area contributed by atoms with E-state index in [1.165, 1.54) is 11.1 Å². The van der Waals surface area contributed by atoms with Gasteiger partial charge in [0, 0.05) is 12.6 Å². The Kier molecular flexibility index (Phi) is 4.15. The number of rotatable bonds is 5. The van der Waals surface area contributed by atoms with Crippen LogP contribution in [0, 0.1) is 13.8 Å². The maximum Gasteiger partial charge on any atom is 0.150 e. The molecule has 0 bridgehead atoms. The largest absolute Gasteiger partial charge is 0.360 e. The van der Waals surface area contributed by atoms with Crippen LogP contribution in [0.5, 0.6) is 0 Å². The van der Waals surface area contributed by atoms with Crippen molar-refractivity contribution >= 4 is 0 Å². The third-order valence-electron chi connectivity index (χ3n) is 3.16. The molecule has 2 aromatic rings. The molecule has 0 aliphatic heterocycles. The fraction of sp³-hybridized carbons (Fsp3) is 0.400. The first-order valence-electron chi connectivity index (χ1n) is 6.38. The van der Waals surface area contributed by atoms with E-state index >= 15 is 0 Å². The van der Waals surface area contributed by atoms with Crippen LogP contribution >= 0.6 is 0 Å². The van der Waals surface area contributed by atoms with E-state index in [0.29, 0.717) is 0 Å². The lowest BCUT2D eigenvalue weighted by Gasteiger charge is -2.19. The summed E-state index contributed by atoms with van der Waals surface area (Å²) in [4.78, 5) is 2.35. The molecule has 3 heteroatoms. The average Bonchev–Trinajstić information content (AvgIpc) is 2.76. The maximum absolute atomic E-state index is 5.27. The number of hydrogen-bond donors (Lipinski definition) is 0. The van der Waals surface area contributed by atoms with Crippen molar-refractivity contribution in [1.29, 1.82) is 0 Å². The molecule has 0 unspecified atom stereocenters. The molecule has 3 nitrogen and oxygen atoms in total. The van der Waals surface area contributed by atoms with E-state index in [9.17, 15) is 0 Å². The summed E-state index contributed by atoms with van der Waals surface area (Å²) in [5.74, 6) is 0.933. The molecule has 0 atom stereocenters. The molecule has 18 heavy (non-hydrogen) atoms. The van der Waals surface area contributed by atoms with Crippen molar-refractivity contribution in [1.82, 2.24) is 10.1 Å². The van der Waals surface area contributed by atoms with Gasteiger partial charge in [0.25, 0.3) is 0 Å². The van der Waals surface area contributed by atoms with Gasteiger partial charge in [0.1, 0.15) is 0 Å². The standard InChI is InChI=1S/C15H20N2O/c1-4-17(11-15-9-13(3)16-18-15)10-14-8-6-5-7-12(14)2/h5-9H,4,10-11H2,1-3H3. The molecular formula is C15H20N2O. The van der Waals surface area contributed by atoms with E-state index < -0.39 is 0 Å². The Morgan fingerprint density at radius 1 is 1.17 bits per heavy atom. The lowest BCUT2D eigenvalue weighted by Crippen LogP contribution is -2.22. The summed E-state index contributed by atoms with van der Waals surface area (Å²) in [6, 6.07) is 10.5. The van der Waals surface area contributed by atoms with E-state index in [-0.39, 0.29) is 0 Å². The van der Waals surface area contributed by atoms with Crippen LogP contribution in [-0.2, 0) is 13.1 Å². The second-order valence-electron chi connectivity index (χ2n) is 4.66. The summed E-state index contributed by atoms with van der Waals surface area (Å²) >= 11 is 0. The third-order valence-corrected chi connectivity index (χ3v) is 3.16. The molecule has 0 saturated carbocycles. The third kappa shape index (κ3) is 3.20. The van der Waals surface area contributed by atoms with E-state index in [0.717, 1.165) is 31.1 Å². The topological polar surface area (TPSA) is 29.3 Å². The Bertz CT molecular complexity index is 505. The van der Waals surface area contributed by atoms with Crippen LogP contribution in [0.3, 0.4) is 0 Å². The first kappa shape index (κ1) is 12.8. The molecule has 2 rings (SSSR count). The number of aryl methyl sites for hydroxylation is 2. The van der Waals surface area contributed by atoms with E-state index in [4.69, 9.17) is 4.52 Å². The lowest BCUT2D eigenvalue weighted by atomic mass is 10.1. The quantitative estimate of drug-likeness (QED) is 0.808. The molecule has 0 aliphatic rings. The minimum atomic E-state index is 0.811. The monoisotopic (exact) mass is 244 g/mol. The van der Waals surface area contributed by atoms with Crippen molar-refractivity contribution in [2.45, 2.75) is 33.9 Å². The zero-order chi connectivity index (χ0) is 13.0. The van der Waals surface area contributed by atoms with E-state index in [1.807, 2.05) is 13.0 Å². The molecule has 1 aromatic carbocycles. The van der Waals surface area contributed by atoms with Crippen molar-refractivity contribution in [3.05, 3.63) is 52.9 Å². The summed E-state index contributed by atoms with van der Waals surface area (Å²) in [7, 11) is 0. The van der Waals surface area contributed by atoms with Gasteiger partial charge in [0.15, 0.2) is 5.76 Å². The van der Waals surface area contributed by atoms with Crippen molar-refractivity contribution in [2.24, 2.45) is 0 Å². The smallest absolute Gasteiger partial charge is 0.150 e. The van der Waals surface area contributed by atoms with Gasteiger partial charge in [-0.05, 0) is 31.5 Å². The Labute approximate surface area is 108 Å². The highest BCUT2D eigenvalue weighted by Crippen LogP contribution is 2.13. The molecule has 0 saturated heterocycles. The van der Waals surface area contributed by atoms with Crippen molar-refractivity contribution in [3.8, 4) is 0 Å². The molecule has 0 fully saturated rings. The summed E-state index contributed by atoms with van der Waals surface area (Å²) in [6.45, 7) is 9.02. The van der Waals surface area contributed by atoms with Gasteiger partial charge >= 0.3 is 0 Å². The van der Waals surface area contributed by atoms with Crippen LogP contribution in [0.15, 0.2) is 34.9 Å². The maximum atomic E-state index is 5.27. The summed E-state index contributed by atoms with van der Waals surface area (Å²) in [6.07, 6.45) is 0. The highest BCUT2D eigenvalue weighted by molar-refractivity contribution is 5.25. The fourth-order valence-corrected chi connectivity index (χ4v) is 2.02. The molecule has 0 spiro atoms. The van der Waals surface area contributed by atoms with Gasteiger partial charge in [-0.15, -0.1) is 0 Å².